The Balaban J connectivity index is 1.44. The third-order valence-corrected chi connectivity index (χ3v) is 5.39. The number of carbonyl (C=O) groups is 2. The zero-order valence-corrected chi connectivity index (χ0v) is 17.6. The lowest BCUT2D eigenvalue weighted by Crippen LogP contribution is -2.15. The average Bonchev–Trinajstić information content (AvgIpc) is 3.17. The molecule has 0 aliphatic carbocycles. The minimum atomic E-state index is -1.05. The number of hydrogen-bond acceptors (Lipinski definition) is 5. The average molecular weight is 453 g/mol. The number of rotatable bonds is 6. The second-order valence-electron chi connectivity index (χ2n) is 6.92. The molecule has 0 saturated carbocycles. The molecule has 2 aromatic heterocycles. The Labute approximate surface area is 185 Å². The quantitative estimate of drug-likeness (QED) is 0.425. The largest absolute Gasteiger partial charge is 0.325 e. The molecule has 2 amide bonds. The first-order valence-electron chi connectivity index (χ1n) is 9.49. The molecule has 0 unspecified atom stereocenters. The predicted molar refractivity (Wildman–Crippen MR) is 118 cm³/mol. The van der Waals surface area contributed by atoms with Gasteiger partial charge in [-0.1, -0.05) is 23.9 Å². The minimum Gasteiger partial charge on any atom is -0.325 e. The zero-order valence-electron chi connectivity index (χ0n) is 16.8. The summed E-state index contributed by atoms with van der Waals surface area (Å²) >= 11 is 1.10. The zero-order chi connectivity index (χ0) is 22.7. The molecule has 0 bridgehead atoms. The molecule has 4 rings (SSSR count). The highest BCUT2D eigenvalue weighted by atomic mass is 32.2. The molecule has 32 heavy (non-hydrogen) atoms. The number of hydrogen-bond donors (Lipinski definition) is 2. The number of benzene rings is 2. The summed E-state index contributed by atoms with van der Waals surface area (Å²) < 4.78 is 27.9. The van der Waals surface area contributed by atoms with Crippen molar-refractivity contribution in [2.24, 2.45) is 0 Å². The van der Waals surface area contributed by atoms with Gasteiger partial charge in [-0.3, -0.25) is 14.0 Å². The first-order chi connectivity index (χ1) is 15.4. The first kappa shape index (κ1) is 21.4. The molecule has 4 aromatic rings. The maximum Gasteiger partial charge on any atom is 0.257 e. The molecule has 10 heteroatoms. The highest BCUT2D eigenvalue weighted by Crippen LogP contribution is 2.20. The third-order valence-electron chi connectivity index (χ3n) is 4.44. The van der Waals surface area contributed by atoms with Gasteiger partial charge in [0.05, 0.1) is 11.3 Å². The molecule has 0 atom stereocenters. The summed E-state index contributed by atoms with van der Waals surface area (Å²) in [5, 5.41) is 13.8. The standard InChI is InChI=1S/C22H17F2N5O2S/c1-13-3-2-4-15(9-13)26-21(31)14-5-8-19-27-28-22(29(19)11-14)32-12-20(30)25-16-6-7-17(23)18(24)10-16/h2-11H,12H2,1H3,(H,25,30)(H,26,31). The van der Waals surface area contributed by atoms with Gasteiger partial charge in [0.2, 0.25) is 5.91 Å². The van der Waals surface area contributed by atoms with Gasteiger partial charge < -0.3 is 10.6 Å². The fourth-order valence-electron chi connectivity index (χ4n) is 2.93. The van der Waals surface area contributed by atoms with Crippen LogP contribution in [0.3, 0.4) is 0 Å². The van der Waals surface area contributed by atoms with Gasteiger partial charge in [-0.25, -0.2) is 8.78 Å². The second kappa shape index (κ2) is 9.15. The van der Waals surface area contributed by atoms with Crippen LogP contribution in [-0.2, 0) is 4.79 Å². The molecule has 7 nitrogen and oxygen atoms in total. The van der Waals surface area contributed by atoms with Gasteiger partial charge in [-0.15, -0.1) is 10.2 Å². The molecule has 162 valence electrons. The topological polar surface area (TPSA) is 88.4 Å². The van der Waals surface area contributed by atoms with Crippen LogP contribution in [0.25, 0.3) is 5.65 Å². The fourth-order valence-corrected chi connectivity index (χ4v) is 3.65. The lowest BCUT2D eigenvalue weighted by atomic mass is 10.2. The number of anilines is 2. The summed E-state index contributed by atoms with van der Waals surface area (Å²) in [5.74, 6) is -2.80. The summed E-state index contributed by atoms with van der Waals surface area (Å²) in [6.45, 7) is 1.94. The van der Waals surface area contributed by atoms with Crippen molar-refractivity contribution in [3.8, 4) is 0 Å². The molecular formula is C22H17F2N5O2S. The van der Waals surface area contributed by atoms with Crippen LogP contribution in [0.2, 0.25) is 0 Å². The number of halogens is 2. The smallest absolute Gasteiger partial charge is 0.257 e. The van der Waals surface area contributed by atoms with Gasteiger partial charge in [0.25, 0.3) is 5.91 Å². The van der Waals surface area contributed by atoms with Gasteiger partial charge in [-0.2, -0.15) is 0 Å². The monoisotopic (exact) mass is 453 g/mol. The SMILES string of the molecule is Cc1cccc(NC(=O)c2ccc3nnc(SCC(=O)Nc4ccc(F)c(F)c4)n3c2)c1. The molecule has 2 heterocycles. The Morgan fingerprint density at radius 2 is 1.78 bits per heavy atom. The van der Waals surface area contributed by atoms with Crippen molar-refractivity contribution in [2.45, 2.75) is 12.1 Å². The van der Waals surface area contributed by atoms with E-state index in [9.17, 15) is 18.4 Å². The van der Waals surface area contributed by atoms with Crippen LogP contribution in [-0.4, -0.2) is 32.2 Å². The van der Waals surface area contributed by atoms with Crippen molar-refractivity contribution in [1.29, 1.82) is 0 Å². The van der Waals surface area contributed by atoms with Crippen LogP contribution in [0.1, 0.15) is 15.9 Å². The van der Waals surface area contributed by atoms with Crippen molar-refractivity contribution >= 4 is 40.6 Å². The van der Waals surface area contributed by atoms with Crippen LogP contribution in [0, 0.1) is 18.6 Å². The van der Waals surface area contributed by atoms with Crippen molar-refractivity contribution in [3.05, 3.63) is 83.6 Å². The highest BCUT2D eigenvalue weighted by Gasteiger charge is 2.13. The van der Waals surface area contributed by atoms with Gasteiger partial charge in [0.1, 0.15) is 0 Å². The maximum atomic E-state index is 13.3. The highest BCUT2D eigenvalue weighted by molar-refractivity contribution is 7.99. The summed E-state index contributed by atoms with van der Waals surface area (Å²) in [6, 6.07) is 13.9. The van der Waals surface area contributed by atoms with E-state index in [4.69, 9.17) is 0 Å². The molecule has 0 aliphatic rings. The van der Waals surface area contributed by atoms with E-state index in [-0.39, 0.29) is 17.3 Å². The predicted octanol–water partition coefficient (Wildman–Crippen LogP) is 4.30. The summed E-state index contributed by atoms with van der Waals surface area (Å²) in [6.07, 6.45) is 1.59. The number of thioether (sulfide) groups is 1. The molecule has 2 aromatic carbocycles. The lowest BCUT2D eigenvalue weighted by Gasteiger charge is -2.07. The molecule has 0 radical (unpaired) electrons. The van der Waals surface area contributed by atoms with E-state index in [0.29, 0.717) is 22.1 Å². The Morgan fingerprint density at radius 1 is 0.969 bits per heavy atom. The lowest BCUT2D eigenvalue weighted by molar-refractivity contribution is -0.113. The molecule has 2 N–H and O–H groups in total. The summed E-state index contributed by atoms with van der Waals surface area (Å²) in [7, 11) is 0. The van der Waals surface area contributed by atoms with E-state index >= 15 is 0 Å². The van der Waals surface area contributed by atoms with Crippen LogP contribution in [0.4, 0.5) is 20.2 Å². The van der Waals surface area contributed by atoms with Crippen LogP contribution >= 0.6 is 11.8 Å². The molecule has 0 aliphatic heterocycles. The number of amides is 2. The van der Waals surface area contributed by atoms with Gasteiger partial charge >= 0.3 is 0 Å². The van der Waals surface area contributed by atoms with E-state index in [1.165, 1.54) is 6.07 Å². The second-order valence-corrected chi connectivity index (χ2v) is 7.86. The van der Waals surface area contributed by atoms with Gasteiger partial charge in [0.15, 0.2) is 22.4 Å². The first-order valence-corrected chi connectivity index (χ1v) is 10.5. The number of aryl methyl sites for hydroxylation is 1. The van der Waals surface area contributed by atoms with Crippen molar-refractivity contribution in [2.75, 3.05) is 16.4 Å². The maximum absolute atomic E-state index is 13.3. The number of aromatic nitrogens is 3. The van der Waals surface area contributed by atoms with E-state index in [0.717, 1.165) is 29.5 Å². The van der Waals surface area contributed by atoms with Crippen molar-refractivity contribution < 1.29 is 18.4 Å². The van der Waals surface area contributed by atoms with Crippen LogP contribution in [0.5, 0.6) is 0 Å². The van der Waals surface area contributed by atoms with E-state index in [2.05, 4.69) is 20.8 Å². The number of nitrogens with one attached hydrogen (secondary N) is 2. The Kier molecular flexibility index (Phi) is 6.13. The number of pyridine rings is 1. The van der Waals surface area contributed by atoms with Crippen LogP contribution in [0.15, 0.2) is 66.0 Å². The van der Waals surface area contributed by atoms with Gasteiger partial charge in [0, 0.05) is 23.6 Å². The Hall–Kier alpha value is -3.79. The fraction of sp³-hybridized carbons (Fsp3) is 0.0909. The molecule has 0 fully saturated rings. The third kappa shape index (κ3) is 4.92. The Bertz CT molecular complexity index is 1320. The normalized spacial score (nSPS) is 10.8. The molecular weight excluding hydrogens is 436 g/mol. The number of fused-ring (bicyclic) bond motifs is 1. The van der Waals surface area contributed by atoms with Crippen molar-refractivity contribution in [3.63, 3.8) is 0 Å². The molecule has 0 saturated heterocycles. The molecule has 0 spiro atoms. The minimum absolute atomic E-state index is 0.0422. The Morgan fingerprint density at radius 3 is 2.56 bits per heavy atom. The summed E-state index contributed by atoms with van der Waals surface area (Å²) in [5.41, 5.74) is 2.77. The van der Waals surface area contributed by atoms with Crippen LogP contribution < -0.4 is 10.6 Å². The van der Waals surface area contributed by atoms with Crippen molar-refractivity contribution in [1.82, 2.24) is 14.6 Å². The summed E-state index contributed by atoms with van der Waals surface area (Å²) in [4.78, 5) is 24.8. The van der Waals surface area contributed by atoms with E-state index in [1.54, 1.807) is 28.8 Å². The van der Waals surface area contributed by atoms with E-state index in [1.807, 2.05) is 25.1 Å². The van der Waals surface area contributed by atoms with Gasteiger partial charge in [-0.05, 0) is 48.9 Å². The number of carbonyl (C=O) groups excluding carboxylic acids is 2. The number of nitrogens with zero attached hydrogens (tertiary/aromatic N) is 3. The van der Waals surface area contributed by atoms with E-state index < -0.39 is 17.5 Å².